The Morgan fingerprint density at radius 3 is 2.75 bits per heavy atom. The summed E-state index contributed by atoms with van der Waals surface area (Å²) in [6.07, 6.45) is 0.649. The molecule has 0 aromatic heterocycles. The third-order valence-corrected chi connectivity index (χ3v) is 2.64. The van der Waals surface area contributed by atoms with Crippen molar-refractivity contribution in [2.45, 2.75) is 13.0 Å². The summed E-state index contributed by atoms with van der Waals surface area (Å²) >= 11 is 3.23. The molecule has 0 saturated carbocycles. The molecule has 1 rings (SSSR count). The molecule has 20 heavy (non-hydrogen) atoms. The average Bonchev–Trinajstić information content (AvgIpc) is 2.42. The molecule has 0 bridgehead atoms. The highest BCUT2D eigenvalue weighted by molar-refractivity contribution is 9.09. The van der Waals surface area contributed by atoms with Gasteiger partial charge in [0.05, 0.1) is 12.2 Å². The second-order valence-electron chi connectivity index (χ2n) is 3.79. The van der Waals surface area contributed by atoms with E-state index in [-0.39, 0.29) is 11.3 Å². The molecule has 1 amide bonds. The number of hydrogen-bond donors (Lipinski definition) is 1. The first-order valence-corrected chi connectivity index (χ1v) is 7.23. The van der Waals surface area contributed by atoms with Crippen molar-refractivity contribution in [2.75, 3.05) is 25.1 Å². The summed E-state index contributed by atoms with van der Waals surface area (Å²) < 4.78 is 34.0. The maximum atomic E-state index is 12.2. The van der Waals surface area contributed by atoms with Crippen LogP contribution in [0.15, 0.2) is 24.3 Å². The molecule has 0 atom stereocenters. The fourth-order valence-corrected chi connectivity index (χ4v) is 1.71. The van der Waals surface area contributed by atoms with Gasteiger partial charge in [0.2, 0.25) is 0 Å². The highest BCUT2D eigenvalue weighted by Crippen LogP contribution is 2.19. The maximum Gasteiger partial charge on any atom is 0.387 e. The van der Waals surface area contributed by atoms with Crippen LogP contribution in [0.4, 0.5) is 8.78 Å². The van der Waals surface area contributed by atoms with E-state index in [1.165, 1.54) is 18.2 Å². The number of halogens is 3. The topological polar surface area (TPSA) is 47.6 Å². The molecular weight excluding hydrogens is 336 g/mol. The van der Waals surface area contributed by atoms with Crippen LogP contribution in [-0.2, 0) is 4.74 Å². The van der Waals surface area contributed by atoms with E-state index in [9.17, 15) is 13.6 Å². The molecule has 0 radical (unpaired) electrons. The Kier molecular flexibility index (Phi) is 8.13. The molecule has 0 saturated heterocycles. The van der Waals surface area contributed by atoms with Gasteiger partial charge in [-0.25, -0.2) is 0 Å². The summed E-state index contributed by atoms with van der Waals surface area (Å²) in [7, 11) is 0. The minimum Gasteiger partial charge on any atom is -0.434 e. The van der Waals surface area contributed by atoms with Crippen molar-refractivity contribution >= 4 is 21.8 Å². The highest BCUT2D eigenvalue weighted by Gasteiger charge is 2.14. The van der Waals surface area contributed by atoms with Gasteiger partial charge < -0.3 is 14.8 Å². The first kappa shape index (κ1) is 16.8. The van der Waals surface area contributed by atoms with E-state index in [0.717, 1.165) is 5.33 Å². The fourth-order valence-electron chi connectivity index (χ4n) is 1.48. The Labute approximate surface area is 124 Å². The second-order valence-corrected chi connectivity index (χ2v) is 4.58. The normalized spacial score (nSPS) is 10.6. The van der Waals surface area contributed by atoms with Gasteiger partial charge in [0, 0.05) is 18.5 Å². The molecule has 112 valence electrons. The van der Waals surface area contributed by atoms with Crippen molar-refractivity contribution in [1.29, 1.82) is 0 Å². The van der Waals surface area contributed by atoms with Crippen molar-refractivity contribution in [1.82, 2.24) is 5.32 Å². The lowest BCUT2D eigenvalue weighted by Crippen LogP contribution is -2.26. The third kappa shape index (κ3) is 6.29. The Morgan fingerprint density at radius 1 is 1.30 bits per heavy atom. The quantitative estimate of drug-likeness (QED) is 0.549. The van der Waals surface area contributed by atoms with Gasteiger partial charge in [0.1, 0.15) is 5.75 Å². The lowest BCUT2D eigenvalue weighted by molar-refractivity contribution is -0.0501. The highest BCUT2D eigenvalue weighted by atomic mass is 79.9. The number of hydrogen-bond acceptors (Lipinski definition) is 3. The van der Waals surface area contributed by atoms with Gasteiger partial charge in [0.15, 0.2) is 0 Å². The zero-order chi connectivity index (χ0) is 14.8. The number of benzene rings is 1. The van der Waals surface area contributed by atoms with Crippen LogP contribution in [0.3, 0.4) is 0 Å². The number of nitrogens with one attached hydrogen (secondary N) is 1. The number of para-hydroxylation sites is 1. The summed E-state index contributed by atoms with van der Waals surface area (Å²) in [4.78, 5) is 11.9. The van der Waals surface area contributed by atoms with Crippen LogP contribution in [0.2, 0.25) is 0 Å². The summed E-state index contributed by atoms with van der Waals surface area (Å²) in [5, 5.41) is 3.40. The summed E-state index contributed by atoms with van der Waals surface area (Å²) in [6, 6.07) is 5.89. The lowest BCUT2D eigenvalue weighted by Gasteiger charge is -2.10. The van der Waals surface area contributed by atoms with Crippen molar-refractivity contribution < 1.29 is 23.0 Å². The van der Waals surface area contributed by atoms with Crippen LogP contribution in [0.1, 0.15) is 16.8 Å². The Morgan fingerprint density at radius 2 is 2.05 bits per heavy atom. The SMILES string of the molecule is O=C(NCCCOCCBr)c1ccccc1OC(F)F. The molecule has 0 fully saturated rings. The van der Waals surface area contributed by atoms with E-state index >= 15 is 0 Å². The Balaban J connectivity index is 2.43. The molecule has 1 N–H and O–H groups in total. The van der Waals surface area contributed by atoms with Gasteiger partial charge in [-0.2, -0.15) is 8.78 Å². The van der Waals surface area contributed by atoms with Gasteiger partial charge in [-0.15, -0.1) is 0 Å². The number of ether oxygens (including phenoxy) is 2. The molecule has 4 nitrogen and oxygen atoms in total. The van der Waals surface area contributed by atoms with Gasteiger partial charge >= 0.3 is 6.61 Å². The van der Waals surface area contributed by atoms with E-state index in [4.69, 9.17) is 4.74 Å². The van der Waals surface area contributed by atoms with Crippen LogP contribution in [0.25, 0.3) is 0 Å². The van der Waals surface area contributed by atoms with Gasteiger partial charge in [-0.1, -0.05) is 28.1 Å². The van der Waals surface area contributed by atoms with Crippen LogP contribution in [0, 0.1) is 0 Å². The molecule has 0 unspecified atom stereocenters. The van der Waals surface area contributed by atoms with Gasteiger partial charge in [-0.3, -0.25) is 4.79 Å². The lowest BCUT2D eigenvalue weighted by atomic mass is 10.2. The minimum absolute atomic E-state index is 0.0918. The predicted molar refractivity (Wildman–Crippen MR) is 74.6 cm³/mol. The first-order valence-electron chi connectivity index (χ1n) is 6.11. The summed E-state index contributed by atoms with van der Waals surface area (Å²) in [5.41, 5.74) is 0.0918. The van der Waals surface area contributed by atoms with E-state index in [2.05, 4.69) is 26.0 Å². The number of carbonyl (C=O) groups is 1. The van der Waals surface area contributed by atoms with Crippen LogP contribution in [0.5, 0.6) is 5.75 Å². The molecular formula is C13H16BrF2NO3. The number of carbonyl (C=O) groups excluding carboxylic acids is 1. The fraction of sp³-hybridized carbons (Fsp3) is 0.462. The minimum atomic E-state index is -2.96. The number of rotatable bonds is 9. The van der Waals surface area contributed by atoms with E-state index in [0.29, 0.717) is 26.2 Å². The molecule has 0 aliphatic rings. The smallest absolute Gasteiger partial charge is 0.387 e. The number of amides is 1. The first-order chi connectivity index (χ1) is 9.65. The third-order valence-electron chi connectivity index (χ3n) is 2.32. The van der Waals surface area contributed by atoms with E-state index < -0.39 is 12.5 Å². The second kappa shape index (κ2) is 9.66. The van der Waals surface area contributed by atoms with Gasteiger partial charge in [-0.05, 0) is 18.6 Å². The Hall–Kier alpha value is -1.21. The largest absolute Gasteiger partial charge is 0.434 e. The summed E-state index contributed by atoms with van der Waals surface area (Å²) in [5.74, 6) is -0.572. The Bertz CT molecular complexity index is 418. The molecule has 0 aliphatic carbocycles. The monoisotopic (exact) mass is 351 g/mol. The summed E-state index contributed by atoms with van der Waals surface area (Å²) in [6.45, 7) is -1.41. The molecule has 1 aromatic carbocycles. The molecule has 0 aliphatic heterocycles. The van der Waals surface area contributed by atoms with Crippen LogP contribution in [-0.4, -0.2) is 37.6 Å². The van der Waals surface area contributed by atoms with E-state index in [1.807, 2.05) is 0 Å². The zero-order valence-corrected chi connectivity index (χ0v) is 12.4. The number of alkyl halides is 3. The zero-order valence-electron chi connectivity index (χ0n) is 10.8. The van der Waals surface area contributed by atoms with E-state index in [1.54, 1.807) is 6.07 Å². The molecule has 0 heterocycles. The van der Waals surface area contributed by atoms with Crippen LogP contribution >= 0.6 is 15.9 Å². The van der Waals surface area contributed by atoms with Crippen molar-refractivity contribution in [3.8, 4) is 5.75 Å². The van der Waals surface area contributed by atoms with Crippen LogP contribution < -0.4 is 10.1 Å². The predicted octanol–water partition coefficient (Wildman–Crippen LogP) is 2.82. The molecule has 0 spiro atoms. The molecule has 7 heteroatoms. The molecule has 1 aromatic rings. The van der Waals surface area contributed by atoms with Crippen molar-refractivity contribution in [3.63, 3.8) is 0 Å². The van der Waals surface area contributed by atoms with Crippen molar-refractivity contribution in [2.24, 2.45) is 0 Å². The average molecular weight is 352 g/mol. The maximum absolute atomic E-state index is 12.2. The van der Waals surface area contributed by atoms with Gasteiger partial charge in [0.25, 0.3) is 5.91 Å². The standard InChI is InChI=1S/C13H16BrF2NO3/c14-6-9-19-8-3-7-17-12(18)10-4-1-2-5-11(10)20-13(15)16/h1-2,4-5,13H,3,6-9H2,(H,17,18). The van der Waals surface area contributed by atoms with Crippen molar-refractivity contribution in [3.05, 3.63) is 29.8 Å².